The SMILES string of the molecule is Cl.O=S(=O)(Cc1ccccc1C(F)(F)F)NCCC1CCCNC1. The highest BCUT2D eigenvalue weighted by molar-refractivity contribution is 7.88. The van der Waals surface area contributed by atoms with E-state index in [2.05, 4.69) is 10.0 Å². The van der Waals surface area contributed by atoms with Gasteiger partial charge in [-0.05, 0) is 49.9 Å². The Morgan fingerprint density at radius 2 is 1.96 bits per heavy atom. The molecule has 1 aromatic carbocycles. The lowest BCUT2D eigenvalue weighted by molar-refractivity contribution is -0.138. The third-order valence-electron chi connectivity index (χ3n) is 3.94. The first-order valence-electron chi connectivity index (χ1n) is 7.61. The Morgan fingerprint density at radius 3 is 2.58 bits per heavy atom. The van der Waals surface area contributed by atoms with E-state index in [-0.39, 0.29) is 24.5 Å². The van der Waals surface area contributed by atoms with Crippen molar-refractivity contribution >= 4 is 22.4 Å². The van der Waals surface area contributed by atoms with Crippen LogP contribution in [0.2, 0.25) is 0 Å². The summed E-state index contributed by atoms with van der Waals surface area (Å²) >= 11 is 0. The lowest BCUT2D eigenvalue weighted by Gasteiger charge is -2.22. The van der Waals surface area contributed by atoms with Crippen molar-refractivity contribution in [3.05, 3.63) is 35.4 Å². The molecule has 0 bridgehead atoms. The summed E-state index contributed by atoms with van der Waals surface area (Å²) in [7, 11) is -3.79. The molecule has 2 rings (SSSR count). The van der Waals surface area contributed by atoms with Gasteiger partial charge in [-0.25, -0.2) is 13.1 Å². The van der Waals surface area contributed by atoms with Gasteiger partial charge in [0.1, 0.15) is 0 Å². The molecule has 1 fully saturated rings. The molecule has 0 radical (unpaired) electrons. The Morgan fingerprint density at radius 1 is 1.25 bits per heavy atom. The van der Waals surface area contributed by atoms with Crippen LogP contribution in [0, 0.1) is 5.92 Å². The van der Waals surface area contributed by atoms with Crippen molar-refractivity contribution in [2.75, 3.05) is 19.6 Å². The molecule has 1 aliphatic heterocycles. The quantitative estimate of drug-likeness (QED) is 0.790. The van der Waals surface area contributed by atoms with Crippen LogP contribution < -0.4 is 10.0 Å². The van der Waals surface area contributed by atoms with Crippen molar-refractivity contribution in [1.82, 2.24) is 10.0 Å². The number of rotatable bonds is 6. The summed E-state index contributed by atoms with van der Waals surface area (Å²) in [5.41, 5.74) is -1.13. The Labute approximate surface area is 146 Å². The van der Waals surface area contributed by atoms with Crippen molar-refractivity contribution < 1.29 is 21.6 Å². The van der Waals surface area contributed by atoms with Gasteiger partial charge in [-0.3, -0.25) is 0 Å². The third-order valence-corrected chi connectivity index (χ3v) is 5.28. The van der Waals surface area contributed by atoms with E-state index in [4.69, 9.17) is 0 Å². The highest BCUT2D eigenvalue weighted by atomic mass is 35.5. The molecule has 1 aliphatic rings. The van der Waals surface area contributed by atoms with E-state index in [1.165, 1.54) is 18.2 Å². The molecule has 1 unspecified atom stereocenters. The second-order valence-electron chi connectivity index (χ2n) is 5.81. The number of sulfonamides is 1. The summed E-state index contributed by atoms with van der Waals surface area (Å²) < 4.78 is 65.2. The normalized spacial score (nSPS) is 18.9. The fourth-order valence-corrected chi connectivity index (χ4v) is 3.96. The van der Waals surface area contributed by atoms with Crippen LogP contribution in [-0.2, 0) is 22.0 Å². The van der Waals surface area contributed by atoms with Crippen molar-refractivity contribution in [3.63, 3.8) is 0 Å². The molecule has 0 aromatic heterocycles. The van der Waals surface area contributed by atoms with Crippen molar-refractivity contribution in [1.29, 1.82) is 0 Å². The molecule has 0 amide bonds. The van der Waals surface area contributed by atoms with Crippen LogP contribution in [0.4, 0.5) is 13.2 Å². The lowest BCUT2D eigenvalue weighted by Crippen LogP contribution is -2.33. The van der Waals surface area contributed by atoms with E-state index in [0.717, 1.165) is 32.0 Å². The monoisotopic (exact) mass is 386 g/mol. The summed E-state index contributed by atoms with van der Waals surface area (Å²) in [6.45, 7) is 2.10. The lowest BCUT2D eigenvalue weighted by atomic mass is 9.96. The first kappa shape index (κ1) is 21.2. The summed E-state index contributed by atoms with van der Waals surface area (Å²) in [6, 6.07) is 4.77. The van der Waals surface area contributed by atoms with E-state index in [1.54, 1.807) is 0 Å². The molecule has 0 aliphatic carbocycles. The molecular formula is C15H22ClF3N2O2S. The maximum absolute atomic E-state index is 12.9. The number of hydrogen-bond donors (Lipinski definition) is 2. The maximum atomic E-state index is 12.9. The van der Waals surface area contributed by atoms with E-state index < -0.39 is 27.5 Å². The largest absolute Gasteiger partial charge is 0.416 e. The van der Waals surface area contributed by atoms with Gasteiger partial charge in [-0.15, -0.1) is 12.4 Å². The van der Waals surface area contributed by atoms with Crippen molar-refractivity contribution in [2.45, 2.75) is 31.2 Å². The van der Waals surface area contributed by atoms with E-state index in [1.807, 2.05) is 0 Å². The number of piperidine rings is 1. The molecule has 138 valence electrons. The third kappa shape index (κ3) is 6.58. The van der Waals surface area contributed by atoms with Crippen molar-refractivity contribution in [2.24, 2.45) is 5.92 Å². The number of benzene rings is 1. The molecule has 1 heterocycles. The number of halogens is 4. The zero-order valence-electron chi connectivity index (χ0n) is 13.1. The highest BCUT2D eigenvalue weighted by Crippen LogP contribution is 2.32. The van der Waals surface area contributed by atoms with Gasteiger partial charge in [0.05, 0.1) is 11.3 Å². The Balaban J connectivity index is 0.00000288. The van der Waals surface area contributed by atoms with E-state index in [0.29, 0.717) is 12.3 Å². The molecule has 2 N–H and O–H groups in total. The standard InChI is InChI=1S/C15H21F3N2O2S.ClH/c16-15(17,18)14-6-2-1-5-13(14)11-23(21,22)20-9-7-12-4-3-8-19-10-12;/h1-2,5-6,12,19-20H,3-4,7-11H2;1H. The van der Waals surface area contributed by atoms with Gasteiger partial charge in [0.2, 0.25) is 10.0 Å². The van der Waals surface area contributed by atoms with Crippen LogP contribution in [0.15, 0.2) is 24.3 Å². The first-order valence-corrected chi connectivity index (χ1v) is 9.26. The number of alkyl halides is 3. The predicted octanol–water partition coefficient (Wildman–Crippen LogP) is 2.94. The molecule has 4 nitrogen and oxygen atoms in total. The first-order chi connectivity index (χ1) is 10.8. The Kier molecular flexibility index (Phi) is 7.98. The number of nitrogens with one attached hydrogen (secondary N) is 2. The van der Waals surface area contributed by atoms with Gasteiger partial charge in [0.15, 0.2) is 0 Å². The zero-order chi connectivity index (χ0) is 16.9. The minimum atomic E-state index is -4.56. The molecule has 0 saturated carbocycles. The van der Waals surface area contributed by atoms with E-state index in [9.17, 15) is 21.6 Å². The molecular weight excluding hydrogens is 365 g/mol. The maximum Gasteiger partial charge on any atom is 0.416 e. The van der Waals surface area contributed by atoms with Crippen LogP contribution in [0.3, 0.4) is 0 Å². The summed E-state index contributed by atoms with van der Waals surface area (Å²) in [5, 5.41) is 3.24. The zero-order valence-corrected chi connectivity index (χ0v) is 14.7. The van der Waals surface area contributed by atoms with Crippen LogP contribution in [0.1, 0.15) is 30.4 Å². The summed E-state index contributed by atoms with van der Waals surface area (Å²) in [4.78, 5) is 0. The predicted molar refractivity (Wildman–Crippen MR) is 89.5 cm³/mol. The summed E-state index contributed by atoms with van der Waals surface area (Å²) in [5.74, 6) is -0.250. The Bertz CT molecular complexity index is 617. The fraction of sp³-hybridized carbons (Fsp3) is 0.600. The fourth-order valence-electron chi connectivity index (χ4n) is 2.77. The average Bonchev–Trinajstić information content (AvgIpc) is 2.47. The molecule has 0 spiro atoms. The number of hydrogen-bond acceptors (Lipinski definition) is 3. The minimum Gasteiger partial charge on any atom is -0.316 e. The Hall–Kier alpha value is -0.830. The van der Waals surface area contributed by atoms with Gasteiger partial charge in [-0.2, -0.15) is 13.2 Å². The molecule has 1 atom stereocenters. The van der Waals surface area contributed by atoms with Crippen LogP contribution >= 0.6 is 12.4 Å². The van der Waals surface area contributed by atoms with Gasteiger partial charge in [0, 0.05) is 6.54 Å². The topological polar surface area (TPSA) is 58.2 Å². The van der Waals surface area contributed by atoms with Gasteiger partial charge in [-0.1, -0.05) is 18.2 Å². The molecule has 1 aromatic rings. The van der Waals surface area contributed by atoms with E-state index >= 15 is 0 Å². The second kappa shape index (κ2) is 9.03. The second-order valence-corrected chi connectivity index (χ2v) is 7.62. The molecule has 1 saturated heterocycles. The van der Waals surface area contributed by atoms with Crippen LogP contribution in [-0.4, -0.2) is 28.1 Å². The minimum absolute atomic E-state index is 0. The van der Waals surface area contributed by atoms with Gasteiger partial charge < -0.3 is 5.32 Å². The highest BCUT2D eigenvalue weighted by Gasteiger charge is 2.33. The van der Waals surface area contributed by atoms with Crippen molar-refractivity contribution in [3.8, 4) is 0 Å². The van der Waals surface area contributed by atoms with Crippen LogP contribution in [0.25, 0.3) is 0 Å². The average molecular weight is 387 g/mol. The summed E-state index contributed by atoms with van der Waals surface area (Å²) in [6.07, 6.45) is -1.75. The molecule has 24 heavy (non-hydrogen) atoms. The smallest absolute Gasteiger partial charge is 0.316 e. The van der Waals surface area contributed by atoms with Crippen LogP contribution in [0.5, 0.6) is 0 Å². The van der Waals surface area contributed by atoms with Gasteiger partial charge >= 0.3 is 6.18 Å². The molecule has 9 heteroatoms. The van der Waals surface area contributed by atoms with Gasteiger partial charge in [0.25, 0.3) is 0 Å².